The van der Waals surface area contributed by atoms with Gasteiger partial charge >= 0.3 is 5.97 Å². The minimum Gasteiger partial charge on any atom is -0.508 e. The van der Waals surface area contributed by atoms with Gasteiger partial charge in [0.15, 0.2) is 5.78 Å². The molecule has 2 aliphatic rings. The smallest absolute Gasteiger partial charge is 0.336 e. The number of para-hydroxylation sites is 1. The molecule has 200 valence electrons. The zero-order chi connectivity index (χ0) is 27.4. The Labute approximate surface area is 227 Å². The molecule has 1 aliphatic carbocycles. The summed E-state index contributed by atoms with van der Waals surface area (Å²) < 4.78 is 16.5. The fourth-order valence-corrected chi connectivity index (χ4v) is 5.35. The molecular formula is C32H31NO6. The first-order valence-electron chi connectivity index (χ1n) is 13.0. The standard InChI is InChI=1S/C32H31NO6/c1-20-29(32(36)39-16-15-38-26-9-4-3-5-10-26)30(22-7-6-8-24(34)17-22)31-27(33-20)18-23(19-28(31)35)21-11-13-25(37-2)14-12-21/h3-14,17,23,30,33-34H,15-16,18-19H2,1-2H3/t23-,30+/m1/s1. The molecule has 0 saturated carbocycles. The van der Waals surface area contributed by atoms with Crippen molar-refractivity contribution in [3.63, 3.8) is 0 Å². The summed E-state index contributed by atoms with van der Waals surface area (Å²) in [5, 5.41) is 13.6. The summed E-state index contributed by atoms with van der Waals surface area (Å²) in [7, 11) is 1.62. The maximum Gasteiger partial charge on any atom is 0.336 e. The summed E-state index contributed by atoms with van der Waals surface area (Å²) in [6, 6.07) is 23.8. The zero-order valence-electron chi connectivity index (χ0n) is 22.0. The molecule has 0 aromatic heterocycles. The van der Waals surface area contributed by atoms with E-state index >= 15 is 0 Å². The Bertz CT molecular complexity index is 1420. The Morgan fingerprint density at radius 1 is 0.923 bits per heavy atom. The Morgan fingerprint density at radius 2 is 1.69 bits per heavy atom. The molecule has 2 N–H and O–H groups in total. The highest BCUT2D eigenvalue weighted by Crippen LogP contribution is 2.46. The molecule has 5 rings (SSSR count). The number of hydrogen-bond acceptors (Lipinski definition) is 7. The molecule has 0 amide bonds. The van der Waals surface area contributed by atoms with Crippen LogP contribution in [-0.2, 0) is 14.3 Å². The number of nitrogens with one attached hydrogen (secondary N) is 1. The first-order chi connectivity index (χ1) is 18.9. The van der Waals surface area contributed by atoms with Crippen molar-refractivity contribution in [1.82, 2.24) is 5.32 Å². The summed E-state index contributed by atoms with van der Waals surface area (Å²) >= 11 is 0. The third-order valence-electron chi connectivity index (χ3n) is 7.17. The van der Waals surface area contributed by atoms with Crippen LogP contribution in [0.5, 0.6) is 17.2 Å². The van der Waals surface area contributed by atoms with Crippen molar-refractivity contribution < 1.29 is 28.9 Å². The number of benzene rings is 3. The number of allylic oxidation sites excluding steroid dienone is 3. The average Bonchev–Trinajstić information content (AvgIpc) is 2.95. The van der Waals surface area contributed by atoms with Crippen LogP contribution in [0.15, 0.2) is 101 Å². The minimum absolute atomic E-state index is 0.00378. The third kappa shape index (κ3) is 5.67. The highest BCUT2D eigenvalue weighted by Gasteiger charge is 2.41. The van der Waals surface area contributed by atoms with Crippen molar-refractivity contribution in [1.29, 1.82) is 0 Å². The second-order valence-corrected chi connectivity index (χ2v) is 9.68. The lowest BCUT2D eigenvalue weighted by Crippen LogP contribution is -2.36. The molecule has 7 nitrogen and oxygen atoms in total. The van der Waals surface area contributed by atoms with Gasteiger partial charge in [-0.3, -0.25) is 4.79 Å². The molecule has 0 bridgehead atoms. The van der Waals surface area contributed by atoms with E-state index in [0.717, 1.165) is 17.0 Å². The molecule has 0 radical (unpaired) electrons. The monoisotopic (exact) mass is 525 g/mol. The highest BCUT2D eigenvalue weighted by molar-refractivity contribution is 6.04. The SMILES string of the molecule is COc1ccc([C@H]2CC(=O)C3=C(C2)NC(C)=C(C(=O)OCCOc2ccccc2)[C@@H]3c2cccc(O)c2)cc1. The summed E-state index contributed by atoms with van der Waals surface area (Å²) in [6.07, 6.45) is 0.932. The van der Waals surface area contributed by atoms with Crippen LogP contribution in [-0.4, -0.2) is 37.2 Å². The molecule has 3 aromatic carbocycles. The number of carbonyl (C=O) groups excluding carboxylic acids is 2. The van der Waals surface area contributed by atoms with Gasteiger partial charge in [0.2, 0.25) is 0 Å². The van der Waals surface area contributed by atoms with E-state index in [2.05, 4.69) is 5.32 Å². The van der Waals surface area contributed by atoms with Gasteiger partial charge in [0.1, 0.15) is 30.5 Å². The van der Waals surface area contributed by atoms with E-state index in [-0.39, 0.29) is 30.7 Å². The number of methoxy groups -OCH3 is 1. The second-order valence-electron chi connectivity index (χ2n) is 9.68. The van der Waals surface area contributed by atoms with Crippen LogP contribution >= 0.6 is 0 Å². The van der Waals surface area contributed by atoms with E-state index in [1.165, 1.54) is 0 Å². The van der Waals surface area contributed by atoms with E-state index in [9.17, 15) is 14.7 Å². The number of carbonyl (C=O) groups is 2. The molecule has 0 spiro atoms. The van der Waals surface area contributed by atoms with Crippen LogP contribution in [0.4, 0.5) is 0 Å². The summed E-state index contributed by atoms with van der Waals surface area (Å²) in [6.45, 7) is 2.07. The molecule has 39 heavy (non-hydrogen) atoms. The van der Waals surface area contributed by atoms with Crippen LogP contribution in [0.25, 0.3) is 0 Å². The lowest BCUT2D eigenvalue weighted by molar-refractivity contribution is -0.140. The van der Waals surface area contributed by atoms with Crippen LogP contribution in [0.2, 0.25) is 0 Å². The van der Waals surface area contributed by atoms with Crippen molar-refractivity contribution >= 4 is 11.8 Å². The Hall–Kier alpha value is -4.52. The largest absolute Gasteiger partial charge is 0.508 e. The topological polar surface area (TPSA) is 94.1 Å². The molecular weight excluding hydrogens is 494 g/mol. The van der Waals surface area contributed by atoms with Gasteiger partial charge in [-0.1, -0.05) is 42.5 Å². The number of esters is 1. The van der Waals surface area contributed by atoms with Gasteiger partial charge in [-0.2, -0.15) is 0 Å². The summed E-state index contributed by atoms with van der Waals surface area (Å²) in [4.78, 5) is 27.1. The normalized spacial score (nSPS) is 18.8. The quantitative estimate of drug-likeness (QED) is 0.301. The van der Waals surface area contributed by atoms with Crippen molar-refractivity contribution in [2.45, 2.75) is 31.6 Å². The molecule has 1 heterocycles. The molecule has 0 fully saturated rings. The predicted octanol–water partition coefficient (Wildman–Crippen LogP) is 5.38. The number of phenolic OH excluding ortho intramolecular Hbond substituents is 1. The molecule has 7 heteroatoms. The number of ether oxygens (including phenoxy) is 3. The van der Waals surface area contributed by atoms with Gasteiger partial charge in [0.25, 0.3) is 0 Å². The van der Waals surface area contributed by atoms with E-state index < -0.39 is 11.9 Å². The minimum atomic E-state index is -0.653. The Balaban J connectivity index is 1.41. The average molecular weight is 526 g/mol. The molecule has 0 unspecified atom stereocenters. The molecule has 0 saturated heterocycles. The van der Waals surface area contributed by atoms with E-state index in [0.29, 0.717) is 41.0 Å². The van der Waals surface area contributed by atoms with E-state index in [1.807, 2.05) is 67.6 Å². The molecule has 2 atom stereocenters. The third-order valence-corrected chi connectivity index (χ3v) is 7.17. The number of Topliss-reactive ketones (excluding diaryl/α,β-unsaturated/α-hetero) is 1. The van der Waals surface area contributed by atoms with Crippen molar-refractivity contribution in [2.24, 2.45) is 0 Å². The highest BCUT2D eigenvalue weighted by atomic mass is 16.6. The van der Waals surface area contributed by atoms with Gasteiger partial charge in [-0.15, -0.1) is 0 Å². The van der Waals surface area contributed by atoms with Gasteiger partial charge in [0, 0.05) is 29.3 Å². The van der Waals surface area contributed by atoms with Crippen LogP contribution in [0, 0.1) is 0 Å². The zero-order valence-corrected chi connectivity index (χ0v) is 22.0. The van der Waals surface area contributed by atoms with Crippen molar-refractivity contribution in [3.05, 3.63) is 113 Å². The van der Waals surface area contributed by atoms with Gasteiger partial charge in [-0.25, -0.2) is 4.79 Å². The van der Waals surface area contributed by atoms with Crippen molar-refractivity contribution in [2.75, 3.05) is 20.3 Å². The van der Waals surface area contributed by atoms with E-state index in [4.69, 9.17) is 14.2 Å². The Morgan fingerprint density at radius 3 is 2.41 bits per heavy atom. The van der Waals surface area contributed by atoms with E-state index in [1.54, 1.807) is 25.3 Å². The molecule has 3 aromatic rings. The number of aromatic hydroxyl groups is 1. The second kappa shape index (κ2) is 11.5. The maximum atomic E-state index is 13.7. The summed E-state index contributed by atoms with van der Waals surface area (Å²) in [5.74, 6) is 0.293. The van der Waals surface area contributed by atoms with Crippen LogP contribution in [0.3, 0.4) is 0 Å². The fraction of sp³-hybridized carbons (Fsp3) is 0.250. The fourth-order valence-electron chi connectivity index (χ4n) is 5.35. The Kier molecular flexibility index (Phi) is 7.68. The number of phenols is 1. The predicted molar refractivity (Wildman–Crippen MR) is 147 cm³/mol. The van der Waals surface area contributed by atoms with Gasteiger partial charge < -0.3 is 24.6 Å². The lowest BCUT2D eigenvalue weighted by Gasteiger charge is -2.36. The van der Waals surface area contributed by atoms with Gasteiger partial charge in [0.05, 0.1) is 12.7 Å². The van der Waals surface area contributed by atoms with Crippen LogP contribution in [0.1, 0.15) is 42.7 Å². The molecule has 1 aliphatic heterocycles. The van der Waals surface area contributed by atoms with Crippen molar-refractivity contribution in [3.8, 4) is 17.2 Å². The number of rotatable bonds is 8. The number of ketones is 1. The number of dihydropyridines is 1. The van der Waals surface area contributed by atoms with Crippen LogP contribution < -0.4 is 14.8 Å². The first kappa shape index (κ1) is 26.1. The first-order valence-corrected chi connectivity index (χ1v) is 13.0. The number of hydrogen-bond donors (Lipinski definition) is 2. The maximum absolute atomic E-state index is 13.7. The summed E-state index contributed by atoms with van der Waals surface area (Å²) in [5.41, 5.74) is 4.03. The van der Waals surface area contributed by atoms with Gasteiger partial charge in [-0.05, 0) is 66.8 Å². The lowest BCUT2D eigenvalue weighted by atomic mass is 9.71.